The van der Waals surface area contributed by atoms with Crippen LogP contribution in [0.4, 0.5) is 8.78 Å². The maximum Gasteiger partial charge on any atom is 0.295 e. The molecule has 0 heterocycles. The van der Waals surface area contributed by atoms with Gasteiger partial charge in [0.15, 0.2) is 5.60 Å². The van der Waals surface area contributed by atoms with Gasteiger partial charge in [-0.1, -0.05) is 39.6 Å². The average molecular weight is 351 g/mol. The van der Waals surface area contributed by atoms with Crippen LogP contribution >= 0.6 is 9.24 Å². The molecule has 0 fully saturated rings. The first-order valence-electron chi connectivity index (χ1n) is 7.29. The standard InChI is InChI=1S/C17H16F2NO3P/c18-17(19,24)16(22)13-4-2-1-3-11(13)12-6-5-10(9-14(12)16)23-8-7-15(20)21/h1-6,9,22H,7-8,24H2,(H2,20,21). The Hall–Kier alpha value is -2.04. The van der Waals surface area contributed by atoms with Crippen LogP contribution in [0.3, 0.4) is 0 Å². The molecule has 4 nitrogen and oxygen atoms in total. The summed E-state index contributed by atoms with van der Waals surface area (Å²) in [5.74, 6) is -0.230. The summed E-state index contributed by atoms with van der Waals surface area (Å²) in [7, 11) is 1.41. The molecule has 3 N–H and O–H groups in total. The van der Waals surface area contributed by atoms with E-state index in [0.29, 0.717) is 11.1 Å². The number of hydrogen-bond donors (Lipinski definition) is 2. The number of nitrogens with two attached hydrogens (primary N) is 1. The summed E-state index contributed by atoms with van der Waals surface area (Å²) in [6.07, 6.45) is 0.0152. The van der Waals surface area contributed by atoms with E-state index in [9.17, 15) is 18.7 Å². The number of amides is 1. The third kappa shape index (κ3) is 2.56. The van der Waals surface area contributed by atoms with Crippen LogP contribution < -0.4 is 10.5 Å². The first-order chi connectivity index (χ1) is 11.2. The van der Waals surface area contributed by atoms with Crippen molar-refractivity contribution in [2.24, 2.45) is 5.73 Å². The Labute approximate surface area is 139 Å². The molecule has 0 bridgehead atoms. The predicted octanol–water partition coefficient (Wildman–Crippen LogP) is 2.63. The van der Waals surface area contributed by atoms with Gasteiger partial charge in [0.25, 0.3) is 5.66 Å². The van der Waals surface area contributed by atoms with Crippen molar-refractivity contribution in [3.63, 3.8) is 0 Å². The second-order valence-corrected chi connectivity index (χ2v) is 6.38. The van der Waals surface area contributed by atoms with Crippen LogP contribution in [-0.4, -0.2) is 23.3 Å². The fourth-order valence-electron chi connectivity index (χ4n) is 2.95. The molecule has 1 amide bonds. The number of ether oxygens (including phenoxy) is 1. The molecule has 0 aliphatic heterocycles. The largest absolute Gasteiger partial charge is 0.493 e. The van der Waals surface area contributed by atoms with Gasteiger partial charge < -0.3 is 15.6 Å². The highest BCUT2D eigenvalue weighted by Gasteiger charge is 2.56. The second kappa shape index (κ2) is 5.80. The van der Waals surface area contributed by atoms with E-state index in [1.807, 2.05) is 0 Å². The summed E-state index contributed by atoms with van der Waals surface area (Å²) in [6, 6.07) is 11.1. The van der Waals surface area contributed by atoms with Crippen molar-refractivity contribution in [1.82, 2.24) is 0 Å². The van der Waals surface area contributed by atoms with Crippen molar-refractivity contribution >= 4 is 15.1 Å². The van der Waals surface area contributed by atoms with E-state index in [4.69, 9.17) is 10.5 Å². The molecule has 2 unspecified atom stereocenters. The van der Waals surface area contributed by atoms with Crippen LogP contribution in [0.15, 0.2) is 42.5 Å². The van der Waals surface area contributed by atoms with E-state index < -0.39 is 17.2 Å². The lowest BCUT2D eigenvalue weighted by atomic mass is 9.91. The van der Waals surface area contributed by atoms with Crippen LogP contribution in [0, 0.1) is 0 Å². The molecule has 0 spiro atoms. The zero-order chi connectivity index (χ0) is 17.5. The number of carbonyl (C=O) groups excluding carboxylic acids is 1. The molecule has 1 aliphatic rings. The maximum atomic E-state index is 14.3. The fraction of sp³-hybridized carbons (Fsp3) is 0.235. The monoisotopic (exact) mass is 351 g/mol. The molecule has 0 radical (unpaired) electrons. The van der Waals surface area contributed by atoms with Crippen molar-refractivity contribution in [2.75, 3.05) is 6.61 Å². The van der Waals surface area contributed by atoms with Crippen molar-refractivity contribution in [3.05, 3.63) is 53.6 Å². The van der Waals surface area contributed by atoms with Gasteiger partial charge in [-0.05, 0) is 23.3 Å². The highest BCUT2D eigenvalue weighted by molar-refractivity contribution is 7.18. The molecule has 1 aliphatic carbocycles. The van der Waals surface area contributed by atoms with Gasteiger partial charge in [0.2, 0.25) is 5.91 Å². The number of fused-ring (bicyclic) bond motifs is 3. The molecule has 0 saturated heterocycles. The summed E-state index contributed by atoms with van der Waals surface area (Å²) in [4.78, 5) is 10.8. The Bertz CT molecular complexity index is 807. The SMILES string of the molecule is NC(=O)CCOc1ccc2c(c1)C(O)(C(F)(F)P)c1ccccc1-2. The van der Waals surface area contributed by atoms with Gasteiger partial charge in [0.1, 0.15) is 5.75 Å². The molecule has 7 heteroatoms. The minimum Gasteiger partial charge on any atom is -0.493 e. The van der Waals surface area contributed by atoms with E-state index in [0.717, 1.165) is 0 Å². The number of alkyl halides is 2. The molecule has 2 atom stereocenters. The van der Waals surface area contributed by atoms with Crippen LogP contribution in [-0.2, 0) is 10.4 Å². The third-order valence-corrected chi connectivity index (χ3v) is 4.51. The topological polar surface area (TPSA) is 72.6 Å². The average Bonchev–Trinajstić information content (AvgIpc) is 2.78. The lowest BCUT2D eigenvalue weighted by Crippen LogP contribution is -2.40. The number of halogens is 2. The van der Waals surface area contributed by atoms with E-state index in [1.165, 1.54) is 21.4 Å². The molecule has 126 valence electrons. The van der Waals surface area contributed by atoms with Crippen molar-refractivity contribution in [1.29, 1.82) is 0 Å². The summed E-state index contributed by atoms with van der Waals surface area (Å²) in [6.45, 7) is 0.0385. The second-order valence-electron chi connectivity index (χ2n) is 5.65. The molecule has 3 rings (SSSR count). The molecule has 2 aromatic rings. The summed E-state index contributed by atoms with van der Waals surface area (Å²) >= 11 is 0. The third-order valence-electron chi connectivity index (χ3n) is 4.09. The Morgan fingerprint density at radius 3 is 2.54 bits per heavy atom. The number of rotatable bonds is 5. The lowest BCUT2D eigenvalue weighted by molar-refractivity contribution is -0.118. The number of hydrogen-bond acceptors (Lipinski definition) is 3. The van der Waals surface area contributed by atoms with Gasteiger partial charge >= 0.3 is 0 Å². The fourth-order valence-corrected chi connectivity index (χ4v) is 3.27. The quantitative estimate of drug-likeness (QED) is 0.814. The Balaban J connectivity index is 2.07. The summed E-state index contributed by atoms with van der Waals surface area (Å²) in [5, 5.41) is 10.9. The van der Waals surface area contributed by atoms with E-state index >= 15 is 0 Å². The zero-order valence-corrected chi connectivity index (χ0v) is 13.8. The van der Waals surface area contributed by atoms with Crippen LogP contribution in [0.1, 0.15) is 17.5 Å². The Morgan fingerprint density at radius 2 is 1.88 bits per heavy atom. The van der Waals surface area contributed by atoms with E-state index in [2.05, 4.69) is 0 Å². The van der Waals surface area contributed by atoms with Gasteiger partial charge in [0, 0.05) is 11.1 Å². The van der Waals surface area contributed by atoms with Crippen LogP contribution in [0.25, 0.3) is 11.1 Å². The van der Waals surface area contributed by atoms with Gasteiger partial charge in [-0.2, -0.15) is 8.78 Å². The maximum absolute atomic E-state index is 14.3. The molecule has 24 heavy (non-hydrogen) atoms. The summed E-state index contributed by atoms with van der Waals surface area (Å²) < 4.78 is 33.9. The van der Waals surface area contributed by atoms with Gasteiger partial charge in [-0.3, -0.25) is 4.79 Å². The van der Waals surface area contributed by atoms with E-state index in [1.54, 1.807) is 30.3 Å². The molecular formula is C17H16F2NO3P. The smallest absolute Gasteiger partial charge is 0.295 e. The van der Waals surface area contributed by atoms with Crippen molar-refractivity contribution < 1.29 is 23.4 Å². The molecular weight excluding hydrogens is 335 g/mol. The molecule has 2 aromatic carbocycles. The van der Waals surface area contributed by atoms with E-state index in [-0.39, 0.29) is 29.9 Å². The number of aliphatic hydroxyl groups is 1. The van der Waals surface area contributed by atoms with Crippen LogP contribution in [0.5, 0.6) is 5.75 Å². The number of primary amides is 1. The predicted molar refractivity (Wildman–Crippen MR) is 88.8 cm³/mol. The summed E-state index contributed by atoms with van der Waals surface area (Å²) in [5.41, 5.74) is 0.405. The number of carbonyl (C=O) groups is 1. The van der Waals surface area contributed by atoms with Crippen molar-refractivity contribution in [2.45, 2.75) is 17.7 Å². The highest BCUT2D eigenvalue weighted by atomic mass is 31.0. The van der Waals surface area contributed by atoms with Gasteiger partial charge in [-0.15, -0.1) is 0 Å². The number of benzene rings is 2. The van der Waals surface area contributed by atoms with Crippen molar-refractivity contribution in [3.8, 4) is 16.9 Å². The first kappa shape index (κ1) is 16.8. The Kier molecular flexibility index (Phi) is 4.06. The van der Waals surface area contributed by atoms with Gasteiger partial charge in [-0.25, -0.2) is 0 Å². The Morgan fingerprint density at radius 1 is 1.21 bits per heavy atom. The molecule has 0 saturated carbocycles. The lowest BCUT2D eigenvalue weighted by Gasteiger charge is -2.31. The minimum absolute atomic E-state index is 0.0152. The van der Waals surface area contributed by atoms with Crippen LogP contribution in [0.2, 0.25) is 0 Å². The molecule has 0 aromatic heterocycles. The first-order valence-corrected chi connectivity index (χ1v) is 7.87. The van der Waals surface area contributed by atoms with Gasteiger partial charge in [0.05, 0.1) is 13.0 Å². The minimum atomic E-state index is -3.47. The highest BCUT2D eigenvalue weighted by Crippen LogP contribution is 2.57. The zero-order valence-electron chi connectivity index (χ0n) is 12.6. The normalized spacial score (nSPS) is 18.8.